The first-order chi connectivity index (χ1) is 7.20. The molecule has 0 saturated carbocycles. The third kappa shape index (κ3) is 2.92. The van der Waals surface area contributed by atoms with Gasteiger partial charge in [0.25, 0.3) is 0 Å². The number of nitrogens with zero attached hydrogens (tertiary/aromatic N) is 1. The molecule has 0 atom stereocenters. The number of morpholine rings is 1. The van der Waals surface area contributed by atoms with Gasteiger partial charge in [-0.2, -0.15) is 0 Å². The van der Waals surface area contributed by atoms with Crippen molar-refractivity contribution in [3.8, 4) is 0 Å². The van der Waals surface area contributed by atoms with E-state index < -0.39 is 0 Å². The van der Waals surface area contributed by atoms with Crippen molar-refractivity contribution >= 4 is 0 Å². The summed E-state index contributed by atoms with van der Waals surface area (Å²) < 4.78 is 5.60. The predicted molar refractivity (Wildman–Crippen MR) is 62.1 cm³/mol. The Morgan fingerprint density at radius 3 is 2.60 bits per heavy atom. The minimum absolute atomic E-state index is 0.311. The van der Waals surface area contributed by atoms with Gasteiger partial charge in [0, 0.05) is 18.6 Å². The van der Waals surface area contributed by atoms with E-state index in [4.69, 9.17) is 4.74 Å². The second-order valence-electron chi connectivity index (χ2n) is 5.45. The summed E-state index contributed by atoms with van der Waals surface area (Å²) in [6, 6.07) is 0. The van der Waals surface area contributed by atoms with Crippen molar-refractivity contribution in [1.29, 1.82) is 0 Å². The molecule has 88 valence electrons. The zero-order valence-electron chi connectivity index (χ0n) is 10.1. The summed E-state index contributed by atoms with van der Waals surface area (Å²) in [4.78, 5) is 2.59. The van der Waals surface area contributed by atoms with Crippen LogP contribution in [0.15, 0.2) is 0 Å². The molecule has 0 bridgehead atoms. The van der Waals surface area contributed by atoms with Crippen molar-refractivity contribution in [3.63, 3.8) is 0 Å². The van der Waals surface area contributed by atoms with Gasteiger partial charge in [-0.3, -0.25) is 0 Å². The van der Waals surface area contributed by atoms with Gasteiger partial charge in [0.15, 0.2) is 0 Å². The van der Waals surface area contributed by atoms with Crippen LogP contribution in [0.5, 0.6) is 0 Å². The summed E-state index contributed by atoms with van der Waals surface area (Å²) in [6.45, 7) is 11.1. The molecule has 1 N–H and O–H groups in total. The molecule has 0 radical (unpaired) electrons. The van der Waals surface area contributed by atoms with Crippen LogP contribution in [0.3, 0.4) is 0 Å². The second-order valence-corrected chi connectivity index (χ2v) is 5.45. The fourth-order valence-electron chi connectivity index (χ4n) is 2.71. The molecule has 2 rings (SSSR count). The average molecular weight is 212 g/mol. The molecule has 0 aromatic heterocycles. The quantitative estimate of drug-likeness (QED) is 0.742. The minimum Gasteiger partial charge on any atom is -0.378 e. The summed E-state index contributed by atoms with van der Waals surface area (Å²) in [5.41, 5.74) is 0.311. The van der Waals surface area contributed by atoms with Gasteiger partial charge in [0.1, 0.15) is 0 Å². The van der Waals surface area contributed by atoms with E-state index in [-0.39, 0.29) is 0 Å². The van der Waals surface area contributed by atoms with Crippen LogP contribution in [-0.4, -0.2) is 49.8 Å². The number of hydrogen-bond donors (Lipinski definition) is 1. The molecule has 0 unspecified atom stereocenters. The van der Waals surface area contributed by atoms with Gasteiger partial charge in [-0.05, 0) is 31.8 Å². The number of nitrogens with one attached hydrogen (secondary N) is 1. The van der Waals surface area contributed by atoms with Gasteiger partial charge in [-0.1, -0.05) is 13.8 Å². The SMILES string of the molecule is CC(C)CN1CCC2(CC1)COCCN2. The van der Waals surface area contributed by atoms with E-state index in [0.717, 1.165) is 25.7 Å². The van der Waals surface area contributed by atoms with Crippen LogP contribution in [0.2, 0.25) is 0 Å². The highest BCUT2D eigenvalue weighted by atomic mass is 16.5. The summed E-state index contributed by atoms with van der Waals surface area (Å²) in [7, 11) is 0. The van der Waals surface area contributed by atoms with Gasteiger partial charge in [-0.25, -0.2) is 0 Å². The maximum Gasteiger partial charge on any atom is 0.0649 e. The number of likely N-dealkylation sites (tertiary alicyclic amines) is 1. The maximum atomic E-state index is 5.60. The van der Waals surface area contributed by atoms with Gasteiger partial charge in [-0.15, -0.1) is 0 Å². The van der Waals surface area contributed by atoms with Gasteiger partial charge in [0.2, 0.25) is 0 Å². The topological polar surface area (TPSA) is 24.5 Å². The molecule has 2 aliphatic heterocycles. The largest absolute Gasteiger partial charge is 0.378 e. The van der Waals surface area contributed by atoms with E-state index in [2.05, 4.69) is 24.1 Å². The van der Waals surface area contributed by atoms with E-state index in [1.165, 1.54) is 32.5 Å². The van der Waals surface area contributed by atoms with Crippen molar-refractivity contribution < 1.29 is 4.74 Å². The van der Waals surface area contributed by atoms with Crippen molar-refractivity contribution in [3.05, 3.63) is 0 Å². The molecule has 3 nitrogen and oxygen atoms in total. The standard InChI is InChI=1S/C12H24N2O/c1-11(2)9-14-6-3-12(4-7-14)10-15-8-5-13-12/h11,13H,3-10H2,1-2H3. The molecule has 0 aromatic rings. The first-order valence-electron chi connectivity index (χ1n) is 6.25. The fourth-order valence-corrected chi connectivity index (χ4v) is 2.71. The normalized spacial score (nSPS) is 27.4. The number of piperidine rings is 1. The highest BCUT2D eigenvalue weighted by Gasteiger charge is 2.35. The van der Waals surface area contributed by atoms with Crippen molar-refractivity contribution in [1.82, 2.24) is 10.2 Å². The van der Waals surface area contributed by atoms with E-state index in [1.54, 1.807) is 0 Å². The molecule has 2 fully saturated rings. The molecule has 1 spiro atoms. The third-order valence-electron chi connectivity index (χ3n) is 3.56. The lowest BCUT2D eigenvalue weighted by Crippen LogP contribution is -2.59. The molecule has 3 heteroatoms. The van der Waals surface area contributed by atoms with Gasteiger partial charge in [0.05, 0.1) is 13.2 Å². The van der Waals surface area contributed by atoms with Crippen molar-refractivity contribution in [2.45, 2.75) is 32.2 Å². The van der Waals surface area contributed by atoms with Gasteiger partial charge >= 0.3 is 0 Å². The maximum absolute atomic E-state index is 5.60. The summed E-state index contributed by atoms with van der Waals surface area (Å²) in [5.74, 6) is 0.787. The molecular weight excluding hydrogens is 188 g/mol. The van der Waals surface area contributed by atoms with Crippen LogP contribution in [0.25, 0.3) is 0 Å². The predicted octanol–water partition coefficient (Wildman–Crippen LogP) is 1.10. The zero-order valence-corrected chi connectivity index (χ0v) is 10.1. The molecule has 0 amide bonds. The molecule has 15 heavy (non-hydrogen) atoms. The molecule has 0 aliphatic carbocycles. The number of rotatable bonds is 2. The lowest BCUT2D eigenvalue weighted by molar-refractivity contribution is -0.00674. The molecule has 0 aromatic carbocycles. The molecule has 2 heterocycles. The van der Waals surface area contributed by atoms with Crippen LogP contribution < -0.4 is 5.32 Å². The Labute approximate surface area is 93.2 Å². The van der Waals surface area contributed by atoms with Crippen LogP contribution in [0.1, 0.15) is 26.7 Å². The van der Waals surface area contributed by atoms with E-state index >= 15 is 0 Å². The Kier molecular flexibility index (Phi) is 3.65. The van der Waals surface area contributed by atoms with Crippen molar-refractivity contribution in [2.24, 2.45) is 5.92 Å². The van der Waals surface area contributed by atoms with E-state index in [1.807, 2.05) is 0 Å². The first kappa shape index (κ1) is 11.4. The highest BCUT2D eigenvalue weighted by molar-refractivity contribution is 4.95. The van der Waals surface area contributed by atoms with Crippen LogP contribution in [0, 0.1) is 5.92 Å². The van der Waals surface area contributed by atoms with Gasteiger partial charge < -0.3 is 15.0 Å². The Bertz CT molecular complexity index is 190. The Balaban J connectivity index is 1.80. The zero-order chi connectivity index (χ0) is 10.7. The second kappa shape index (κ2) is 4.81. The lowest BCUT2D eigenvalue weighted by atomic mass is 9.87. The fraction of sp³-hybridized carbons (Fsp3) is 1.00. The van der Waals surface area contributed by atoms with Crippen LogP contribution >= 0.6 is 0 Å². The third-order valence-corrected chi connectivity index (χ3v) is 3.56. The van der Waals surface area contributed by atoms with Crippen LogP contribution in [-0.2, 0) is 4.74 Å². The smallest absolute Gasteiger partial charge is 0.0649 e. The Hall–Kier alpha value is -0.120. The molecule has 2 aliphatic rings. The molecule has 2 saturated heterocycles. The first-order valence-corrected chi connectivity index (χ1v) is 6.25. The average Bonchev–Trinajstić information content (AvgIpc) is 2.23. The highest BCUT2D eigenvalue weighted by Crippen LogP contribution is 2.24. The van der Waals surface area contributed by atoms with E-state index in [0.29, 0.717) is 5.54 Å². The summed E-state index contributed by atoms with van der Waals surface area (Å²) >= 11 is 0. The van der Waals surface area contributed by atoms with Crippen molar-refractivity contribution in [2.75, 3.05) is 39.4 Å². The molecular formula is C12H24N2O. The monoisotopic (exact) mass is 212 g/mol. The van der Waals surface area contributed by atoms with E-state index in [9.17, 15) is 0 Å². The minimum atomic E-state index is 0.311. The summed E-state index contributed by atoms with van der Waals surface area (Å²) in [6.07, 6.45) is 2.50. The number of ether oxygens (including phenoxy) is 1. The Morgan fingerprint density at radius 1 is 1.33 bits per heavy atom. The number of hydrogen-bond acceptors (Lipinski definition) is 3. The lowest BCUT2D eigenvalue weighted by Gasteiger charge is -2.44. The summed E-state index contributed by atoms with van der Waals surface area (Å²) in [5, 5.41) is 3.66. The van der Waals surface area contributed by atoms with Crippen LogP contribution in [0.4, 0.5) is 0 Å². The Morgan fingerprint density at radius 2 is 2.07 bits per heavy atom.